The summed E-state index contributed by atoms with van der Waals surface area (Å²) in [4.78, 5) is 28.8. The van der Waals surface area contributed by atoms with Crippen LogP contribution in [0.4, 0.5) is 5.69 Å². The second kappa shape index (κ2) is 14.2. The maximum absolute atomic E-state index is 14.3. The van der Waals surface area contributed by atoms with Gasteiger partial charge in [0.1, 0.15) is 18.3 Å². The second-order valence-electron chi connectivity index (χ2n) is 11.2. The van der Waals surface area contributed by atoms with Crippen molar-refractivity contribution >= 4 is 39.1 Å². The number of methoxy groups -OCH3 is 3. The molecule has 0 aliphatic heterocycles. The van der Waals surface area contributed by atoms with Crippen LogP contribution in [-0.2, 0) is 26.2 Å². The Morgan fingerprint density at radius 3 is 2.11 bits per heavy atom. The molecular formula is C32H40ClN3O7S. The lowest BCUT2D eigenvalue weighted by atomic mass is 10.1. The predicted octanol–water partition coefficient (Wildman–Crippen LogP) is 5.20. The Kier molecular flexibility index (Phi) is 11.2. The average Bonchev–Trinajstić information content (AvgIpc) is 2.97. The van der Waals surface area contributed by atoms with Crippen LogP contribution in [-0.4, -0.2) is 64.6 Å². The van der Waals surface area contributed by atoms with Crippen molar-refractivity contribution in [3.63, 3.8) is 0 Å². The lowest BCUT2D eigenvalue weighted by Gasteiger charge is -2.34. The molecule has 0 aliphatic carbocycles. The van der Waals surface area contributed by atoms with E-state index in [1.54, 1.807) is 13.0 Å². The van der Waals surface area contributed by atoms with Gasteiger partial charge in [-0.3, -0.25) is 13.9 Å². The molecule has 3 rings (SSSR count). The van der Waals surface area contributed by atoms with Crippen molar-refractivity contribution < 1.29 is 32.2 Å². The van der Waals surface area contributed by atoms with Crippen LogP contribution in [0.5, 0.6) is 17.2 Å². The number of nitrogens with zero attached hydrogens (tertiary/aromatic N) is 2. The molecule has 0 radical (unpaired) electrons. The molecule has 0 aliphatic rings. The lowest BCUT2D eigenvalue weighted by molar-refractivity contribution is -0.140. The minimum Gasteiger partial charge on any atom is -0.495 e. The first-order valence-corrected chi connectivity index (χ1v) is 15.7. The van der Waals surface area contributed by atoms with Gasteiger partial charge in [0.15, 0.2) is 11.5 Å². The highest BCUT2D eigenvalue weighted by Crippen LogP contribution is 2.37. The summed E-state index contributed by atoms with van der Waals surface area (Å²) in [6, 6.07) is 15.2. The van der Waals surface area contributed by atoms with E-state index in [4.69, 9.17) is 25.8 Å². The molecule has 0 heterocycles. The third-order valence-corrected chi connectivity index (χ3v) is 8.89. The Hall–Kier alpha value is -3.96. The molecule has 238 valence electrons. The standard InChI is InChI=1S/C32H40ClN3O7S/c1-21-11-9-10-12-23(21)19-35(22(2)31(38)34-32(3,4)5)30(37)20-36(26-17-24(33)13-15-27(26)41-6)44(39,40)25-14-16-28(42-7)29(18-25)43-8/h9-18,22H,19-20H2,1-8H3,(H,34,38). The first-order valence-electron chi connectivity index (χ1n) is 13.9. The van der Waals surface area contributed by atoms with Crippen LogP contribution in [0.25, 0.3) is 0 Å². The number of benzene rings is 3. The van der Waals surface area contributed by atoms with E-state index in [1.807, 2.05) is 52.0 Å². The van der Waals surface area contributed by atoms with Gasteiger partial charge in [0.2, 0.25) is 11.8 Å². The molecule has 0 fully saturated rings. The van der Waals surface area contributed by atoms with E-state index in [-0.39, 0.29) is 39.6 Å². The molecule has 1 N–H and O–H groups in total. The van der Waals surface area contributed by atoms with Crippen molar-refractivity contribution in [2.24, 2.45) is 0 Å². The van der Waals surface area contributed by atoms with Gasteiger partial charge in [0, 0.05) is 23.2 Å². The predicted molar refractivity (Wildman–Crippen MR) is 171 cm³/mol. The summed E-state index contributed by atoms with van der Waals surface area (Å²) in [5.74, 6) is -0.302. The SMILES string of the molecule is COc1ccc(S(=O)(=O)N(CC(=O)N(Cc2ccccc2C)C(C)C(=O)NC(C)(C)C)c2cc(Cl)ccc2OC)cc1OC. The minimum atomic E-state index is -4.43. The molecule has 0 aromatic heterocycles. The molecule has 3 aromatic rings. The van der Waals surface area contributed by atoms with E-state index in [9.17, 15) is 18.0 Å². The first kappa shape index (κ1) is 34.5. The van der Waals surface area contributed by atoms with Crippen molar-refractivity contribution in [1.82, 2.24) is 10.2 Å². The fourth-order valence-electron chi connectivity index (χ4n) is 4.50. The van der Waals surface area contributed by atoms with Crippen molar-refractivity contribution in [1.29, 1.82) is 0 Å². The summed E-state index contributed by atoms with van der Waals surface area (Å²) in [6.45, 7) is 8.45. The van der Waals surface area contributed by atoms with Crippen molar-refractivity contribution in [2.45, 2.75) is 57.6 Å². The first-order chi connectivity index (χ1) is 20.6. The van der Waals surface area contributed by atoms with Crippen LogP contribution in [0.1, 0.15) is 38.8 Å². The molecule has 12 heteroatoms. The number of hydrogen-bond acceptors (Lipinski definition) is 7. The molecule has 10 nitrogen and oxygen atoms in total. The third kappa shape index (κ3) is 8.15. The number of hydrogen-bond donors (Lipinski definition) is 1. The number of amides is 2. The van der Waals surface area contributed by atoms with E-state index in [0.717, 1.165) is 15.4 Å². The number of sulfonamides is 1. The zero-order valence-electron chi connectivity index (χ0n) is 26.3. The van der Waals surface area contributed by atoms with Crippen LogP contribution >= 0.6 is 11.6 Å². The summed E-state index contributed by atoms with van der Waals surface area (Å²) in [7, 11) is -0.216. The largest absolute Gasteiger partial charge is 0.495 e. The van der Waals surface area contributed by atoms with E-state index < -0.39 is 34.1 Å². The highest BCUT2D eigenvalue weighted by molar-refractivity contribution is 7.92. The Balaban J connectivity index is 2.17. The Bertz CT molecular complexity index is 1610. The molecule has 0 saturated heterocycles. The van der Waals surface area contributed by atoms with Gasteiger partial charge < -0.3 is 24.4 Å². The highest BCUT2D eigenvalue weighted by Gasteiger charge is 2.35. The van der Waals surface area contributed by atoms with Gasteiger partial charge in [-0.05, 0) is 76.1 Å². The van der Waals surface area contributed by atoms with Gasteiger partial charge >= 0.3 is 0 Å². The summed E-state index contributed by atoms with van der Waals surface area (Å²) in [6.07, 6.45) is 0. The molecular weight excluding hydrogens is 606 g/mol. The van der Waals surface area contributed by atoms with E-state index in [0.29, 0.717) is 5.75 Å². The zero-order chi connectivity index (χ0) is 32.8. The van der Waals surface area contributed by atoms with Crippen molar-refractivity contribution in [2.75, 3.05) is 32.2 Å². The number of rotatable bonds is 12. The fourth-order valence-corrected chi connectivity index (χ4v) is 6.10. The smallest absolute Gasteiger partial charge is 0.265 e. The molecule has 44 heavy (non-hydrogen) atoms. The molecule has 2 amide bonds. The Morgan fingerprint density at radius 1 is 0.909 bits per heavy atom. The van der Waals surface area contributed by atoms with E-state index in [2.05, 4.69) is 5.32 Å². The van der Waals surface area contributed by atoms with Gasteiger partial charge in [-0.15, -0.1) is 0 Å². The Morgan fingerprint density at radius 2 is 1.52 bits per heavy atom. The van der Waals surface area contributed by atoms with Gasteiger partial charge in [0.25, 0.3) is 10.0 Å². The number of carbonyl (C=O) groups is 2. The van der Waals surface area contributed by atoms with E-state index >= 15 is 0 Å². The van der Waals surface area contributed by atoms with Crippen LogP contribution in [0, 0.1) is 6.92 Å². The van der Waals surface area contributed by atoms with E-state index in [1.165, 1.54) is 56.6 Å². The van der Waals surface area contributed by atoms with Crippen LogP contribution in [0.2, 0.25) is 5.02 Å². The topological polar surface area (TPSA) is 114 Å². The minimum absolute atomic E-state index is 0.0470. The van der Waals surface area contributed by atoms with Crippen LogP contribution < -0.4 is 23.8 Å². The maximum Gasteiger partial charge on any atom is 0.265 e. The molecule has 0 spiro atoms. The van der Waals surface area contributed by atoms with Crippen LogP contribution in [0.15, 0.2) is 65.6 Å². The van der Waals surface area contributed by atoms with Gasteiger partial charge in [-0.1, -0.05) is 35.9 Å². The van der Waals surface area contributed by atoms with Gasteiger partial charge in [-0.25, -0.2) is 8.42 Å². The molecule has 0 bridgehead atoms. The van der Waals surface area contributed by atoms with Gasteiger partial charge in [-0.2, -0.15) is 0 Å². The van der Waals surface area contributed by atoms with Crippen molar-refractivity contribution in [3.05, 3.63) is 76.8 Å². The number of halogens is 1. The number of nitrogens with one attached hydrogen (secondary N) is 1. The lowest BCUT2D eigenvalue weighted by Crippen LogP contribution is -2.54. The summed E-state index contributed by atoms with van der Waals surface area (Å²) < 4.78 is 45.7. The summed E-state index contributed by atoms with van der Waals surface area (Å²) >= 11 is 6.32. The van der Waals surface area contributed by atoms with Crippen molar-refractivity contribution in [3.8, 4) is 17.2 Å². The highest BCUT2D eigenvalue weighted by atomic mass is 35.5. The zero-order valence-corrected chi connectivity index (χ0v) is 27.9. The number of anilines is 1. The number of ether oxygens (including phenoxy) is 3. The fraction of sp³-hybridized carbons (Fsp3) is 0.375. The van der Waals surface area contributed by atoms with Crippen LogP contribution in [0.3, 0.4) is 0 Å². The van der Waals surface area contributed by atoms with Gasteiger partial charge in [0.05, 0.1) is 31.9 Å². The molecule has 3 aromatic carbocycles. The Labute approximate surface area is 264 Å². The number of carbonyl (C=O) groups excluding carboxylic acids is 2. The summed E-state index contributed by atoms with van der Waals surface area (Å²) in [5.41, 5.74) is 1.22. The summed E-state index contributed by atoms with van der Waals surface area (Å²) in [5, 5.41) is 3.15. The quantitative estimate of drug-likeness (QED) is 0.288. The normalized spacial score (nSPS) is 12.2. The third-order valence-electron chi connectivity index (χ3n) is 6.90. The number of aryl methyl sites for hydroxylation is 1. The second-order valence-corrected chi connectivity index (χ2v) is 13.5. The molecule has 1 unspecified atom stereocenters. The molecule has 1 atom stereocenters. The maximum atomic E-state index is 14.3. The molecule has 0 saturated carbocycles. The average molecular weight is 646 g/mol. The monoisotopic (exact) mass is 645 g/mol.